The average Bonchev–Trinajstić information content (AvgIpc) is 2.18. The molecule has 1 fully saturated rings. The Kier molecular flexibility index (Phi) is 5.25. The molecule has 0 amide bonds. The van der Waals surface area contributed by atoms with Gasteiger partial charge < -0.3 is 5.11 Å². The highest BCUT2D eigenvalue weighted by Gasteiger charge is 2.33. The summed E-state index contributed by atoms with van der Waals surface area (Å²) in [6.07, 6.45) is -0.974. The Morgan fingerprint density at radius 1 is 1.29 bits per heavy atom. The van der Waals surface area contributed by atoms with Gasteiger partial charge in [0, 0.05) is 6.54 Å². The molecule has 0 saturated heterocycles. The van der Waals surface area contributed by atoms with Crippen LogP contribution in [0.4, 0.5) is 13.2 Å². The van der Waals surface area contributed by atoms with Crippen LogP contribution in [0.15, 0.2) is 0 Å². The molecule has 3 atom stereocenters. The third-order valence-electron chi connectivity index (χ3n) is 3.62. The van der Waals surface area contributed by atoms with Crippen molar-refractivity contribution in [3.63, 3.8) is 0 Å². The van der Waals surface area contributed by atoms with Gasteiger partial charge >= 0.3 is 6.18 Å². The molecule has 0 spiro atoms. The summed E-state index contributed by atoms with van der Waals surface area (Å²) in [7, 11) is 1.47. The predicted octanol–water partition coefficient (Wildman–Crippen LogP) is 2.67. The molecule has 1 N–H and O–H groups in total. The Morgan fingerprint density at radius 2 is 1.94 bits per heavy atom. The molecule has 2 nitrogen and oxygen atoms in total. The first-order chi connectivity index (χ1) is 7.81. The quantitative estimate of drug-likeness (QED) is 0.832. The predicted molar refractivity (Wildman–Crippen MR) is 60.7 cm³/mol. The molecular weight excluding hydrogens is 231 g/mol. The summed E-state index contributed by atoms with van der Waals surface area (Å²) in [5, 5.41) is 9.82. The van der Waals surface area contributed by atoms with Crippen LogP contribution < -0.4 is 0 Å². The zero-order valence-electron chi connectivity index (χ0n) is 10.5. The van der Waals surface area contributed by atoms with Crippen molar-refractivity contribution in [2.75, 3.05) is 20.1 Å². The van der Waals surface area contributed by atoms with Crippen molar-refractivity contribution in [3.8, 4) is 0 Å². The fourth-order valence-electron chi connectivity index (χ4n) is 2.68. The lowest BCUT2D eigenvalue weighted by Gasteiger charge is -2.35. The van der Waals surface area contributed by atoms with E-state index in [-0.39, 0.29) is 5.92 Å². The summed E-state index contributed by atoms with van der Waals surface area (Å²) >= 11 is 0. The highest BCUT2D eigenvalue weighted by Crippen LogP contribution is 2.32. The van der Waals surface area contributed by atoms with Crippen LogP contribution in [0.25, 0.3) is 0 Å². The second-order valence-corrected chi connectivity index (χ2v) is 5.23. The van der Waals surface area contributed by atoms with Crippen molar-refractivity contribution in [2.45, 2.75) is 44.9 Å². The van der Waals surface area contributed by atoms with Gasteiger partial charge in [-0.25, -0.2) is 0 Å². The number of alkyl halides is 3. The minimum absolute atomic E-state index is 0.0129. The Balaban J connectivity index is 2.42. The van der Waals surface area contributed by atoms with E-state index >= 15 is 0 Å². The minimum atomic E-state index is -4.15. The molecule has 0 bridgehead atoms. The van der Waals surface area contributed by atoms with Crippen LogP contribution in [-0.4, -0.2) is 42.4 Å². The lowest BCUT2D eigenvalue weighted by atomic mass is 9.78. The Morgan fingerprint density at radius 3 is 2.47 bits per heavy atom. The van der Waals surface area contributed by atoms with Gasteiger partial charge in [0.05, 0.1) is 12.6 Å². The first-order valence-electron chi connectivity index (χ1n) is 6.25. The van der Waals surface area contributed by atoms with Crippen molar-refractivity contribution in [3.05, 3.63) is 0 Å². The highest BCUT2D eigenvalue weighted by molar-refractivity contribution is 4.81. The molecule has 17 heavy (non-hydrogen) atoms. The van der Waals surface area contributed by atoms with Crippen LogP contribution in [0.1, 0.15) is 32.6 Å². The van der Waals surface area contributed by atoms with Crippen LogP contribution in [0, 0.1) is 11.8 Å². The number of halogens is 3. The third-order valence-corrected chi connectivity index (χ3v) is 3.62. The van der Waals surface area contributed by atoms with E-state index in [1.54, 1.807) is 0 Å². The monoisotopic (exact) mass is 253 g/mol. The molecule has 5 heteroatoms. The van der Waals surface area contributed by atoms with Gasteiger partial charge in [-0.05, 0) is 38.1 Å². The molecule has 1 aliphatic rings. The molecule has 0 heterocycles. The van der Waals surface area contributed by atoms with E-state index in [1.807, 2.05) is 0 Å². The third kappa shape index (κ3) is 5.25. The summed E-state index contributed by atoms with van der Waals surface area (Å²) in [6.45, 7) is 1.53. The zero-order chi connectivity index (χ0) is 13.1. The largest absolute Gasteiger partial charge is 0.401 e. The van der Waals surface area contributed by atoms with Crippen LogP contribution >= 0.6 is 0 Å². The maximum absolute atomic E-state index is 12.2. The SMILES string of the molecule is CCC1CCC(O)C(CN(C)CC(F)(F)F)C1. The molecule has 102 valence electrons. The van der Waals surface area contributed by atoms with Gasteiger partial charge in [0.15, 0.2) is 0 Å². The maximum atomic E-state index is 12.2. The van der Waals surface area contributed by atoms with E-state index in [0.29, 0.717) is 12.5 Å². The summed E-state index contributed by atoms with van der Waals surface area (Å²) in [5.74, 6) is 0.545. The standard InChI is InChI=1S/C12H22F3NO/c1-3-9-4-5-11(17)10(6-9)7-16(2)8-12(13,14)15/h9-11,17H,3-8H2,1-2H3. The Labute approximate surface area is 101 Å². The van der Waals surface area contributed by atoms with Gasteiger partial charge in [0.25, 0.3) is 0 Å². The van der Waals surface area contributed by atoms with Crippen LogP contribution in [0.5, 0.6) is 0 Å². The van der Waals surface area contributed by atoms with Crippen molar-refractivity contribution >= 4 is 0 Å². The summed E-state index contributed by atoms with van der Waals surface area (Å²) in [6, 6.07) is 0. The fraction of sp³-hybridized carbons (Fsp3) is 1.00. The van der Waals surface area contributed by atoms with Gasteiger partial charge in [0.1, 0.15) is 0 Å². The second kappa shape index (κ2) is 6.05. The average molecular weight is 253 g/mol. The van der Waals surface area contributed by atoms with E-state index in [0.717, 1.165) is 25.7 Å². The lowest BCUT2D eigenvalue weighted by Crippen LogP contribution is -2.40. The zero-order valence-corrected chi connectivity index (χ0v) is 10.5. The van der Waals surface area contributed by atoms with Gasteiger partial charge in [0.2, 0.25) is 0 Å². The molecule has 1 aliphatic carbocycles. The molecule has 0 aliphatic heterocycles. The molecular formula is C12H22F3NO. The minimum Gasteiger partial charge on any atom is -0.393 e. The summed E-state index contributed by atoms with van der Waals surface area (Å²) in [4.78, 5) is 1.27. The molecule has 0 aromatic carbocycles. The molecule has 1 saturated carbocycles. The van der Waals surface area contributed by atoms with Crippen molar-refractivity contribution in [1.29, 1.82) is 0 Å². The number of hydrogen-bond donors (Lipinski definition) is 1. The number of nitrogens with zero attached hydrogens (tertiary/aromatic N) is 1. The normalized spacial score (nSPS) is 30.9. The molecule has 0 aromatic rings. The van der Waals surface area contributed by atoms with Crippen LogP contribution in [0.2, 0.25) is 0 Å². The van der Waals surface area contributed by atoms with Gasteiger partial charge in [-0.3, -0.25) is 4.90 Å². The number of aliphatic hydroxyl groups is 1. The van der Waals surface area contributed by atoms with Crippen molar-refractivity contribution in [1.82, 2.24) is 4.90 Å². The molecule has 0 radical (unpaired) electrons. The summed E-state index contributed by atoms with van der Waals surface area (Å²) < 4.78 is 36.6. The molecule has 1 rings (SSSR count). The number of rotatable bonds is 4. The van der Waals surface area contributed by atoms with Crippen molar-refractivity contribution < 1.29 is 18.3 Å². The first kappa shape index (κ1) is 14.8. The van der Waals surface area contributed by atoms with E-state index in [4.69, 9.17) is 0 Å². The smallest absolute Gasteiger partial charge is 0.393 e. The second-order valence-electron chi connectivity index (χ2n) is 5.23. The number of hydrogen-bond acceptors (Lipinski definition) is 2. The highest BCUT2D eigenvalue weighted by atomic mass is 19.4. The Hall–Kier alpha value is -0.290. The first-order valence-corrected chi connectivity index (χ1v) is 6.25. The topological polar surface area (TPSA) is 23.5 Å². The van der Waals surface area contributed by atoms with Crippen LogP contribution in [-0.2, 0) is 0 Å². The summed E-state index contributed by atoms with van der Waals surface area (Å²) in [5.41, 5.74) is 0. The maximum Gasteiger partial charge on any atom is 0.401 e. The fourth-order valence-corrected chi connectivity index (χ4v) is 2.68. The molecule has 3 unspecified atom stereocenters. The van der Waals surface area contributed by atoms with Gasteiger partial charge in [-0.2, -0.15) is 13.2 Å². The number of aliphatic hydroxyl groups excluding tert-OH is 1. The van der Waals surface area contributed by atoms with Gasteiger partial charge in [-0.1, -0.05) is 13.3 Å². The van der Waals surface area contributed by atoms with Crippen molar-refractivity contribution in [2.24, 2.45) is 11.8 Å². The van der Waals surface area contributed by atoms with E-state index < -0.39 is 18.8 Å². The Bertz CT molecular complexity index is 232. The van der Waals surface area contributed by atoms with Gasteiger partial charge in [-0.15, -0.1) is 0 Å². The van der Waals surface area contributed by atoms with E-state index in [2.05, 4.69) is 6.92 Å². The van der Waals surface area contributed by atoms with Crippen LogP contribution in [0.3, 0.4) is 0 Å². The molecule has 0 aromatic heterocycles. The lowest BCUT2D eigenvalue weighted by molar-refractivity contribution is -0.146. The van der Waals surface area contributed by atoms with E-state index in [9.17, 15) is 18.3 Å². The van der Waals surface area contributed by atoms with E-state index in [1.165, 1.54) is 11.9 Å².